The Morgan fingerprint density at radius 3 is 1.67 bits per heavy atom. The largest absolute Gasteiger partial charge is 0.332 e. The summed E-state index contributed by atoms with van der Waals surface area (Å²) in [5.74, 6) is -4.15. The molecule has 0 amide bonds. The van der Waals surface area contributed by atoms with Gasteiger partial charge in [0, 0.05) is 0 Å². The SMILES string of the molecule is FC(Cl)C(F)(F)C(F)Br. The van der Waals surface area contributed by atoms with Crippen LogP contribution in [0.3, 0.4) is 0 Å². The maximum Gasteiger partial charge on any atom is 0.332 e. The van der Waals surface area contributed by atoms with Crippen LogP contribution in [0.2, 0.25) is 0 Å². The molecule has 0 aromatic carbocycles. The smallest absolute Gasteiger partial charge is 0.228 e. The maximum absolute atomic E-state index is 11.7. The van der Waals surface area contributed by atoms with E-state index in [9.17, 15) is 17.6 Å². The lowest BCUT2D eigenvalue weighted by Gasteiger charge is -2.15. The molecule has 0 aromatic rings. The average Bonchev–Trinajstić information content (AvgIpc) is 1.65. The van der Waals surface area contributed by atoms with Gasteiger partial charge in [-0.25, -0.2) is 8.78 Å². The molecule has 0 nitrogen and oxygen atoms in total. The Balaban J connectivity index is 4.01. The highest BCUT2D eigenvalue weighted by molar-refractivity contribution is 9.09. The van der Waals surface area contributed by atoms with Gasteiger partial charge in [-0.3, -0.25) is 0 Å². The van der Waals surface area contributed by atoms with E-state index in [1.807, 2.05) is 15.9 Å². The second kappa shape index (κ2) is 3.05. The second-order valence-corrected chi connectivity index (χ2v) is 2.46. The van der Waals surface area contributed by atoms with E-state index in [1.54, 1.807) is 0 Å². The van der Waals surface area contributed by atoms with Gasteiger partial charge in [-0.05, 0) is 15.9 Å². The molecule has 0 aliphatic rings. The van der Waals surface area contributed by atoms with Gasteiger partial charge < -0.3 is 0 Å². The first kappa shape index (κ1) is 9.49. The Labute approximate surface area is 62.3 Å². The zero-order valence-electron chi connectivity index (χ0n) is 3.92. The molecule has 0 saturated heterocycles. The predicted molar refractivity (Wildman–Crippen MR) is 29.5 cm³/mol. The fourth-order valence-corrected chi connectivity index (χ4v) is 0.590. The molecule has 0 aromatic heterocycles. The number of hydrogen-bond donors (Lipinski definition) is 0. The van der Waals surface area contributed by atoms with Crippen LogP contribution in [0.5, 0.6) is 0 Å². The van der Waals surface area contributed by atoms with E-state index in [1.165, 1.54) is 0 Å². The van der Waals surface area contributed by atoms with Gasteiger partial charge in [0.25, 0.3) is 0 Å². The summed E-state index contributed by atoms with van der Waals surface area (Å²) in [6, 6.07) is 0. The van der Waals surface area contributed by atoms with E-state index in [4.69, 9.17) is 0 Å². The Kier molecular flexibility index (Phi) is 3.22. The summed E-state index contributed by atoms with van der Waals surface area (Å²) < 4.78 is 46.5. The van der Waals surface area contributed by atoms with Gasteiger partial charge in [0.05, 0.1) is 0 Å². The second-order valence-electron chi connectivity index (χ2n) is 1.28. The van der Waals surface area contributed by atoms with Crippen molar-refractivity contribution in [3.05, 3.63) is 0 Å². The minimum absolute atomic E-state index is 1.86. The summed E-state index contributed by atoms with van der Waals surface area (Å²) >= 11 is 6.13. The van der Waals surface area contributed by atoms with Crippen molar-refractivity contribution in [1.29, 1.82) is 0 Å². The van der Waals surface area contributed by atoms with Gasteiger partial charge >= 0.3 is 5.92 Å². The highest BCUT2D eigenvalue weighted by Gasteiger charge is 2.46. The highest BCUT2D eigenvalue weighted by atomic mass is 79.9. The maximum atomic E-state index is 11.7. The first-order valence-corrected chi connectivity index (χ1v) is 3.18. The Morgan fingerprint density at radius 2 is 1.67 bits per heavy atom. The van der Waals surface area contributed by atoms with Gasteiger partial charge in [-0.15, -0.1) is 0 Å². The molecule has 56 valence electrons. The monoisotopic (exact) mass is 228 g/mol. The third-order valence-corrected chi connectivity index (χ3v) is 1.48. The van der Waals surface area contributed by atoms with Crippen molar-refractivity contribution in [1.82, 2.24) is 0 Å². The number of rotatable bonds is 2. The summed E-state index contributed by atoms with van der Waals surface area (Å²) in [4.78, 5) is 0. The molecule has 0 heterocycles. The number of hydrogen-bond acceptors (Lipinski definition) is 0. The van der Waals surface area contributed by atoms with Crippen molar-refractivity contribution >= 4 is 27.5 Å². The molecule has 2 atom stereocenters. The first-order valence-electron chi connectivity index (χ1n) is 1.83. The lowest BCUT2D eigenvalue weighted by molar-refractivity contribution is -0.0691. The van der Waals surface area contributed by atoms with E-state index in [0.717, 1.165) is 0 Å². The summed E-state index contributed by atoms with van der Waals surface area (Å²) in [6.07, 6.45) is 0. The average molecular weight is 229 g/mol. The summed E-state index contributed by atoms with van der Waals surface area (Å²) in [5.41, 5.74) is -2.99. The summed E-state index contributed by atoms with van der Waals surface area (Å²) in [5, 5.41) is -2.74. The molecule has 0 N–H and O–H groups in total. The molecule has 6 heteroatoms. The van der Waals surface area contributed by atoms with E-state index in [0.29, 0.717) is 0 Å². The van der Waals surface area contributed by atoms with Crippen molar-refractivity contribution < 1.29 is 17.6 Å². The lowest BCUT2D eigenvalue weighted by atomic mass is 10.4. The third kappa shape index (κ3) is 2.29. The van der Waals surface area contributed by atoms with Crippen LogP contribution in [-0.4, -0.2) is 16.6 Å². The molecule has 0 saturated carbocycles. The molecule has 0 aliphatic heterocycles. The molecule has 2 unspecified atom stereocenters. The van der Waals surface area contributed by atoms with E-state index < -0.39 is 16.6 Å². The quantitative estimate of drug-likeness (QED) is 0.504. The Hall–Kier alpha value is 0.490. The van der Waals surface area contributed by atoms with Crippen LogP contribution in [0.4, 0.5) is 17.6 Å². The number of alkyl halides is 6. The molecule has 0 bridgehead atoms. The standard InChI is InChI=1S/C3H2BrClF4/c4-1(6)3(8,9)2(5)7/h1-2H. The van der Waals surface area contributed by atoms with Gasteiger partial charge in [-0.1, -0.05) is 11.6 Å². The van der Waals surface area contributed by atoms with Gasteiger partial charge in [0.2, 0.25) is 10.7 Å². The van der Waals surface area contributed by atoms with Gasteiger partial charge in [0.15, 0.2) is 0 Å². The topological polar surface area (TPSA) is 0 Å². The van der Waals surface area contributed by atoms with Crippen LogP contribution >= 0.6 is 27.5 Å². The Morgan fingerprint density at radius 1 is 1.33 bits per heavy atom. The zero-order chi connectivity index (χ0) is 7.65. The summed E-state index contributed by atoms with van der Waals surface area (Å²) in [6.45, 7) is 0. The molecule has 0 fully saturated rings. The van der Waals surface area contributed by atoms with E-state index >= 15 is 0 Å². The molecule has 0 spiro atoms. The van der Waals surface area contributed by atoms with Gasteiger partial charge in [-0.2, -0.15) is 8.78 Å². The molecule has 9 heavy (non-hydrogen) atoms. The highest BCUT2D eigenvalue weighted by Crippen LogP contribution is 2.33. The normalized spacial score (nSPS) is 19.3. The minimum atomic E-state index is -4.15. The van der Waals surface area contributed by atoms with Crippen LogP contribution in [0.15, 0.2) is 0 Å². The zero-order valence-corrected chi connectivity index (χ0v) is 6.26. The van der Waals surface area contributed by atoms with Crippen LogP contribution in [0.1, 0.15) is 0 Å². The summed E-state index contributed by atoms with van der Waals surface area (Å²) in [7, 11) is 0. The molecule has 0 aliphatic carbocycles. The van der Waals surface area contributed by atoms with Crippen molar-refractivity contribution in [2.75, 3.05) is 0 Å². The predicted octanol–water partition coefficient (Wildman–Crippen LogP) is 2.85. The Bertz CT molecular complexity index is 83.8. The van der Waals surface area contributed by atoms with Crippen LogP contribution in [0.25, 0.3) is 0 Å². The molecule has 0 rings (SSSR count). The van der Waals surface area contributed by atoms with Crippen LogP contribution in [0, 0.1) is 0 Å². The molecular weight excluding hydrogens is 227 g/mol. The fourth-order valence-electron chi connectivity index (χ4n) is 0.0952. The fraction of sp³-hybridized carbons (Fsp3) is 1.00. The third-order valence-electron chi connectivity index (χ3n) is 0.582. The number of halogens is 6. The molecule has 0 radical (unpaired) electrons. The first-order chi connectivity index (χ1) is 3.89. The van der Waals surface area contributed by atoms with Crippen molar-refractivity contribution in [3.8, 4) is 0 Å². The van der Waals surface area contributed by atoms with Crippen molar-refractivity contribution in [2.24, 2.45) is 0 Å². The van der Waals surface area contributed by atoms with E-state index in [-0.39, 0.29) is 0 Å². The van der Waals surface area contributed by atoms with Gasteiger partial charge in [0.1, 0.15) is 0 Å². The van der Waals surface area contributed by atoms with Crippen molar-refractivity contribution in [3.63, 3.8) is 0 Å². The van der Waals surface area contributed by atoms with Crippen LogP contribution < -0.4 is 0 Å². The lowest BCUT2D eigenvalue weighted by Crippen LogP contribution is -2.33. The van der Waals surface area contributed by atoms with Crippen LogP contribution in [-0.2, 0) is 0 Å². The molecular formula is C3H2BrClF4. The van der Waals surface area contributed by atoms with Crippen molar-refractivity contribution in [2.45, 2.75) is 16.6 Å². The van der Waals surface area contributed by atoms with E-state index in [2.05, 4.69) is 11.6 Å². The minimum Gasteiger partial charge on any atom is -0.228 e.